The summed E-state index contributed by atoms with van der Waals surface area (Å²) in [4.78, 5) is 0. The maximum atomic E-state index is 5.58. The largest absolute Gasteiger partial charge is 0.126 e. The Kier molecular flexibility index (Phi) is 16.6. The van der Waals surface area contributed by atoms with E-state index >= 15 is 0 Å². The number of alkyl halides is 1. The molecule has 0 heterocycles. The molecule has 0 atom stereocenters. The first-order valence-electron chi connectivity index (χ1n) is 7.79. The molecule has 0 N–H and O–H groups in total. The Labute approximate surface area is 120 Å². The zero-order valence-electron chi connectivity index (χ0n) is 12.2. The van der Waals surface area contributed by atoms with Crippen molar-refractivity contribution in [2.24, 2.45) is 0 Å². The van der Waals surface area contributed by atoms with Crippen LogP contribution in [0.3, 0.4) is 0 Å². The second-order valence-electron chi connectivity index (χ2n) is 4.95. The Bertz CT molecular complexity index is 194. The first kappa shape index (κ1) is 17.8. The van der Waals surface area contributed by atoms with Crippen molar-refractivity contribution in [3.05, 3.63) is 24.3 Å². The summed E-state index contributed by atoms with van der Waals surface area (Å²) >= 11 is 5.58. The highest BCUT2D eigenvalue weighted by atomic mass is 35.5. The van der Waals surface area contributed by atoms with Gasteiger partial charge in [-0.2, -0.15) is 0 Å². The Morgan fingerprint density at radius 2 is 1.17 bits per heavy atom. The van der Waals surface area contributed by atoms with E-state index in [0.717, 1.165) is 12.3 Å². The molecule has 0 nitrogen and oxygen atoms in total. The molecule has 106 valence electrons. The molecule has 0 aliphatic heterocycles. The van der Waals surface area contributed by atoms with Crippen molar-refractivity contribution in [2.45, 2.75) is 77.6 Å². The van der Waals surface area contributed by atoms with Crippen molar-refractivity contribution in [2.75, 3.05) is 5.88 Å². The second kappa shape index (κ2) is 16.8. The van der Waals surface area contributed by atoms with Crippen molar-refractivity contribution in [3.8, 4) is 0 Å². The van der Waals surface area contributed by atoms with E-state index in [9.17, 15) is 0 Å². The average molecular weight is 271 g/mol. The Morgan fingerprint density at radius 3 is 1.72 bits per heavy atom. The Morgan fingerprint density at radius 1 is 0.667 bits per heavy atom. The lowest BCUT2D eigenvalue weighted by Gasteiger charge is -2.00. The zero-order valence-corrected chi connectivity index (χ0v) is 12.9. The molecule has 0 amide bonds. The van der Waals surface area contributed by atoms with E-state index < -0.39 is 0 Å². The lowest BCUT2D eigenvalue weighted by molar-refractivity contribution is 0.566. The van der Waals surface area contributed by atoms with E-state index in [2.05, 4.69) is 31.2 Å². The van der Waals surface area contributed by atoms with Gasteiger partial charge in [0.25, 0.3) is 0 Å². The van der Waals surface area contributed by atoms with E-state index in [0.29, 0.717) is 0 Å². The third-order valence-electron chi connectivity index (χ3n) is 3.13. The summed E-state index contributed by atoms with van der Waals surface area (Å²) < 4.78 is 0. The standard InChI is InChI=1S/C17H31Cl/c1-2-3-4-5-6-7-8-9-10-11-12-13-14-15-16-17-18/h12-15H,2-11,16-17H2,1H3. The number of rotatable bonds is 13. The molecule has 0 aromatic rings. The minimum atomic E-state index is 0.725. The summed E-state index contributed by atoms with van der Waals surface area (Å²) in [6.45, 7) is 2.28. The van der Waals surface area contributed by atoms with Crippen LogP contribution in [0.1, 0.15) is 77.6 Å². The fourth-order valence-electron chi connectivity index (χ4n) is 1.99. The predicted octanol–water partition coefficient (Wildman–Crippen LogP) is 6.65. The molecule has 0 fully saturated rings. The molecule has 0 aromatic heterocycles. The van der Waals surface area contributed by atoms with Crippen molar-refractivity contribution in [3.63, 3.8) is 0 Å². The van der Waals surface area contributed by atoms with Gasteiger partial charge in [-0.3, -0.25) is 0 Å². The van der Waals surface area contributed by atoms with Crippen LogP contribution in [0.25, 0.3) is 0 Å². The van der Waals surface area contributed by atoms with Crippen LogP contribution in [0.15, 0.2) is 24.3 Å². The highest BCUT2D eigenvalue weighted by Gasteiger charge is 1.90. The van der Waals surface area contributed by atoms with Crippen LogP contribution in [0.2, 0.25) is 0 Å². The molecule has 0 rings (SSSR count). The van der Waals surface area contributed by atoms with Crippen molar-refractivity contribution in [1.82, 2.24) is 0 Å². The first-order valence-corrected chi connectivity index (χ1v) is 8.33. The SMILES string of the molecule is CCCCCCCCCCCC=CC=CCCCl. The maximum Gasteiger partial charge on any atom is 0.0258 e. The summed E-state index contributed by atoms with van der Waals surface area (Å²) in [7, 11) is 0. The molecular formula is C17H31Cl. The number of halogens is 1. The number of hydrogen-bond acceptors (Lipinski definition) is 0. The van der Waals surface area contributed by atoms with Crippen LogP contribution in [0.5, 0.6) is 0 Å². The molecule has 0 spiro atoms. The van der Waals surface area contributed by atoms with Gasteiger partial charge in [0, 0.05) is 5.88 Å². The van der Waals surface area contributed by atoms with Crippen LogP contribution in [0.4, 0.5) is 0 Å². The maximum absolute atomic E-state index is 5.58. The normalized spacial score (nSPS) is 11.9. The molecule has 0 saturated heterocycles. The fourth-order valence-corrected chi connectivity index (χ4v) is 2.11. The molecule has 0 aromatic carbocycles. The van der Waals surface area contributed by atoms with Crippen LogP contribution in [0, 0.1) is 0 Å². The summed E-state index contributed by atoms with van der Waals surface area (Å²) in [6.07, 6.45) is 23.5. The summed E-state index contributed by atoms with van der Waals surface area (Å²) in [5.41, 5.74) is 0. The van der Waals surface area contributed by atoms with Gasteiger partial charge in [0.1, 0.15) is 0 Å². The zero-order chi connectivity index (χ0) is 13.3. The average Bonchev–Trinajstić information content (AvgIpc) is 2.39. The second-order valence-corrected chi connectivity index (χ2v) is 5.33. The summed E-state index contributed by atoms with van der Waals surface area (Å²) in [6, 6.07) is 0. The van der Waals surface area contributed by atoms with E-state index in [4.69, 9.17) is 11.6 Å². The van der Waals surface area contributed by atoms with E-state index in [1.807, 2.05) is 0 Å². The van der Waals surface area contributed by atoms with Gasteiger partial charge >= 0.3 is 0 Å². The lowest BCUT2D eigenvalue weighted by atomic mass is 10.1. The molecule has 0 saturated carbocycles. The smallest absolute Gasteiger partial charge is 0.0258 e. The topological polar surface area (TPSA) is 0 Å². The molecule has 0 radical (unpaired) electrons. The van der Waals surface area contributed by atoms with E-state index in [1.54, 1.807) is 0 Å². The van der Waals surface area contributed by atoms with Gasteiger partial charge in [-0.15, -0.1) is 11.6 Å². The minimum absolute atomic E-state index is 0.725. The van der Waals surface area contributed by atoms with Crippen LogP contribution >= 0.6 is 11.6 Å². The first-order chi connectivity index (χ1) is 8.91. The highest BCUT2D eigenvalue weighted by Crippen LogP contribution is 2.10. The third kappa shape index (κ3) is 15.8. The quantitative estimate of drug-likeness (QED) is 0.200. The highest BCUT2D eigenvalue weighted by molar-refractivity contribution is 6.17. The Hall–Kier alpha value is -0.230. The molecule has 0 aliphatic carbocycles. The minimum Gasteiger partial charge on any atom is -0.126 e. The Balaban J connectivity index is 3.07. The van der Waals surface area contributed by atoms with Crippen LogP contribution in [-0.2, 0) is 0 Å². The lowest BCUT2D eigenvalue weighted by Crippen LogP contribution is -1.80. The molecule has 0 bridgehead atoms. The van der Waals surface area contributed by atoms with E-state index in [-0.39, 0.29) is 0 Å². The van der Waals surface area contributed by atoms with Crippen LogP contribution < -0.4 is 0 Å². The third-order valence-corrected chi connectivity index (χ3v) is 3.35. The molecule has 0 unspecified atom stereocenters. The van der Waals surface area contributed by atoms with Gasteiger partial charge < -0.3 is 0 Å². The van der Waals surface area contributed by atoms with Gasteiger partial charge in [-0.25, -0.2) is 0 Å². The molecule has 18 heavy (non-hydrogen) atoms. The van der Waals surface area contributed by atoms with Crippen molar-refractivity contribution >= 4 is 11.6 Å². The van der Waals surface area contributed by atoms with E-state index in [1.165, 1.54) is 64.2 Å². The predicted molar refractivity (Wildman–Crippen MR) is 85.5 cm³/mol. The van der Waals surface area contributed by atoms with Gasteiger partial charge in [0.2, 0.25) is 0 Å². The number of unbranched alkanes of at least 4 members (excludes halogenated alkanes) is 9. The monoisotopic (exact) mass is 270 g/mol. The molecular weight excluding hydrogens is 240 g/mol. The van der Waals surface area contributed by atoms with Crippen molar-refractivity contribution < 1.29 is 0 Å². The fraction of sp³-hybridized carbons (Fsp3) is 0.765. The molecule has 1 heteroatoms. The van der Waals surface area contributed by atoms with Gasteiger partial charge in [-0.1, -0.05) is 82.6 Å². The van der Waals surface area contributed by atoms with Crippen LogP contribution in [-0.4, -0.2) is 5.88 Å². The summed E-state index contributed by atoms with van der Waals surface area (Å²) in [5.74, 6) is 0.725. The number of hydrogen-bond donors (Lipinski definition) is 0. The van der Waals surface area contributed by atoms with Gasteiger partial charge in [-0.05, 0) is 19.3 Å². The number of allylic oxidation sites excluding steroid dienone is 4. The van der Waals surface area contributed by atoms with Crippen molar-refractivity contribution in [1.29, 1.82) is 0 Å². The van der Waals surface area contributed by atoms with Gasteiger partial charge in [0.05, 0.1) is 0 Å². The summed E-state index contributed by atoms with van der Waals surface area (Å²) in [5, 5.41) is 0. The van der Waals surface area contributed by atoms with Gasteiger partial charge in [0.15, 0.2) is 0 Å². The molecule has 0 aliphatic rings.